The number of nitrogens with one attached hydrogen (secondary N) is 1. The number of tetrazole rings is 1. The van der Waals surface area contributed by atoms with Gasteiger partial charge in [0.2, 0.25) is 5.91 Å². The Labute approximate surface area is 120 Å². The van der Waals surface area contributed by atoms with Crippen molar-refractivity contribution >= 4 is 11.4 Å². The zero-order valence-electron chi connectivity index (χ0n) is 11.6. The lowest BCUT2D eigenvalue weighted by molar-refractivity contribution is -0.121. The lowest BCUT2D eigenvalue weighted by atomic mass is 10.2. The van der Waals surface area contributed by atoms with Crippen LogP contribution < -0.4 is 5.32 Å². The van der Waals surface area contributed by atoms with Gasteiger partial charge >= 0.3 is 0 Å². The molecule has 108 valence electrons. The summed E-state index contributed by atoms with van der Waals surface area (Å²) in [6.45, 7) is 2.75. The topological polar surface area (TPSA) is 90.0 Å². The van der Waals surface area contributed by atoms with E-state index in [0.29, 0.717) is 25.3 Å². The Morgan fingerprint density at radius 2 is 2.29 bits per heavy atom. The van der Waals surface area contributed by atoms with Crippen LogP contribution in [0.2, 0.25) is 0 Å². The van der Waals surface area contributed by atoms with Crippen LogP contribution in [-0.4, -0.2) is 35.7 Å². The molecule has 0 saturated carbocycles. The largest absolute Gasteiger partial charge is 0.352 e. The van der Waals surface area contributed by atoms with E-state index in [1.165, 1.54) is 0 Å². The second kappa shape index (κ2) is 5.70. The summed E-state index contributed by atoms with van der Waals surface area (Å²) in [6, 6.07) is 5.81. The number of fused-ring (bicyclic) bond motifs is 1. The Balaban J connectivity index is 1.56. The molecule has 0 aliphatic rings. The van der Waals surface area contributed by atoms with Crippen LogP contribution in [-0.2, 0) is 17.9 Å². The van der Waals surface area contributed by atoms with Gasteiger partial charge < -0.3 is 5.32 Å². The molecule has 0 fully saturated rings. The summed E-state index contributed by atoms with van der Waals surface area (Å²) in [5.41, 5.74) is 2.02. The number of aromatic nitrogens is 6. The number of aryl methyl sites for hydroxylation is 2. The zero-order chi connectivity index (χ0) is 14.7. The number of carbonyl (C=O) groups excluding carboxylic acids is 1. The Bertz CT molecular complexity index is 761. The Morgan fingerprint density at radius 1 is 1.38 bits per heavy atom. The van der Waals surface area contributed by atoms with Crippen molar-refractivity contribution in [3.8, 4) is 0 Å². The molecule has 8 nitrogen and oxygen atoms in total. The van der Waals surface area contributed by atoms with Crippen LogP contribution in [0.4, 0.5) is 0 Å². The third-order valence-electron chi connectivity index (χ3n) is 3.26. The summed E-state index contributed by atoms with van der Waals surface area (Å²) in [5.74, 6) is 0.665. The van der Waals surface area contributed by atoms with Crippen molar-refractivity contribution in [2.24, 2.45) is 0 Å². The van der Waals surface area contributed by atoms with E-state index < -0.39 is 0 Å². The van der Waals surface area contributed by atoms with E-state index in [1.807, 2.05) is 24.4 Å². The van der Waals surface area contributed by atoms with Crippen molar-refractivity contribution in [3.63, 3.8) is 0 Å². The summed E-state index contributed by atoms with van der Waals surface area (Å²) < 4.78 is 3.39. The number of carbonyl (C=O) groups is 1. The highest BCUT2D eigenvalue weighted by molar-refractivity contribution is 5.76. The summed E-state index contributed by atoms with van der Waals surface area (Å²) in [6.07, 6.45) is 3.95. The van der Waals surface area contributed by atoms with Crippen LogP contribution in [0.1, 0.15) is 17.8 Å². The number of pyridine rings is 1. The first-order chi connectivity index (χ1) is 10.2. The monoisotopic (exact) mass is 285 g/mol. The Morgan fingerprint density at radius 3 is 3.10 bits per heavy atom. The van der Waals surface area contributed by atoms with Gasteiger partial charge in [-0.1, -0.05) is 6.07 Å². The second-order valence-electron chi connectivity index (χ2n) is 4.67. The van der Waals surface area contributed by atoms with E-state index in [1.54, 1.807) is 22.3 Å². The number of amides is 1. The molecule has 3 heterocycles. The predicted molar refractivity (Wildman–Crippen MR) is 74.2 cm³/mol. The van der Waals surface area contributed by atoms with Crippen LogP contribution in [0.3, 0.4) is 0 Å². The number of hydrogen-bond donors (Lipinski definition) is 1. The highest BCUT2D eigenvalue weighted by Gasteiger charge is 2.07. The van der Waals surface area contributed by atoms with Crippen molar-refractivity contribution in [1.29, 1.82) is 0 Å². The molecule has 0 atom stereocenters. The fourth-order valence-corrected chi connectivity index (χ4v) is 2.11. The van der Waals surface area contributed by atoms with E-state index >= 15 is 0 Å². The molecule has 8 heteroatoms. The van der Waals surface area contributed by atoms with Gasteiger partial charge in [-0.2, -0.15) is 5.10 Å². The first kappa shape index (κ1) is 13.2. The molecule has 3 rings (SSSR count). The number of rotatable bonds is 5. The van der Waals surface area contributed by atoms with E-state index in [4.69, 9.17) is 0 Å². The third kappa shape index (κ3) is 2.88. The average Bonchev–Trinajstić information content (AvgIpc) is 3.11. The van der Waals surface area contributed by atoms with Gasteiger partial charge in [-0.25, -0.2) is 9.20 Å². The van der Waals surface area contributed by atoms with Crippen molar-refractivity contribution in [2.45, 2.75) is 26.4 Å². The molecule has 1 N–H and O–H groups in total. The SMILES string of the molecule is Cc1nnnn1CCC(=O)NCc1cccn2nccc12. The summed E-state index contributed by atoms with van der Waals surface area (Å²) in [4.78, 5) is 11.9. The van der Waals surface area contributed by atoms with Crippen LogP contribution in [0.15, 0.2) is 30.6 Å². The van der Waals surface area contributed by atoms with E-state index in [-0.39, 0.29) is 5.91 Å². The molecule has 0 saturated heterocycles. The number of nitrogens with zero attached hydrogens (tertiary/aromatic N) is 6. The van der Waals surface area contributed by atoms with E-state index in [2.05, 4.69) is 25.9 Å². The van der Waals surface area contributed by atoms with Gasteiger partial charge in [0.1, 0.15) is 5.82 Å². The van der Waals surface area contributed by atoms with Crippen molar-refractivity contribution in [2.75, 3.05) is 0 Å². The maximum atomic E-state index is 11.9. The minimum absolute atomic E-state index is 0.0357. The molecule has 1 amide bonds. The van der Waals surface area contributed by atoms with Gasteiger partial charge in [0, 0.05) is 25.4 Å². The molecule has 0 unspecified atom stereocenters. The summed E-state index contributed by atoms with van der Waals surface area (Å²) >= 11 is 0. The fraction of sp³-hybridized carbons (Fsp3) is 0.308. The molecule has 0 aliphatic carbocycles. The standard InChI is InChI=1S/C13H15N7O/c1-10-16-17-18-19(10)8-5-13(21)14-9-11-3-2-7-20-12(11)4-6-15-20/h2-4,6-7H,5,8-9H2,1H3,(H,14,21). The quantitative estimate of drug-likeness (QED) is 0.730. The lowest BCUT2D eigenvalue weighted by Gasteiger charge is -2.07. The first-order valence-electron chi connectivity index (χ1n) is 6.65. The molecule has 21 heavy (non-hydrogen) atoms. The smallest absolute Gasteiger partial charge is 0.222 e. The van der Waals surface area contributed by atoms with Gasteiger partial charge in [-0.3, -0.25) is 4.79 Å². The van der Waals surface area contributed by atoms with E-state index in [0.717, 1.165) is 11.1 Å². The maximum absolute atomic E-state index is 11.9. The van der Waals surface area contributed by atoms with E-state index in [9.17, 15) is 4.79 Å². The third-order valence-corrected chi connectivity index (χ3v) is 3.26. The maximum Gasteiger partial charge on any atom is 0.222 e. The Hall–Kier alpha value is -2.77. The number of hydrogen-bond acceptors (Lipinski definition) is 5. The molecule has 0 bridgehead atoms. The lowest BCUT2D eigenvalue weighted by Crippen LogP contribution is -2.24. The first-order valence-corrected chi connectivity index (χ1v) is 6.65. The highest BCUT2D eigenvalue weighted by atomic mass is 16.1. The highest BCUT2D eigenvalue weighted by Crippen LogP contribution is 2.09. The minimum Gasteiger partial charge on any atom is -0.352 e. The minimum atomic E-state index is -0.0357. The van der Waals surface area contributed by atoms with Gasteiger partial charge in [0.15, 0.2) is 0 Å². The van der Waals surface area contributed by atoms with Gasteiger partial charge in [0.25, 0.3) is 0 Å². The normalized spacial score (nSPS) is 10.9. The molecule has 3 aromatic rings. The summed E-state index contributed by atoms with van der Waals surface area (Å²) in [7, 11) is 0. The molecule has 0 radical (unpaired) electrons. The molecule has 0 aliphatic heterocycles. The molecule has 3 aromatic heterocycles. The zero-order valence-corrected chi connectivity index (χ0v) is 11.6. The Kier molecular flexibility index (Phi) is 3.59. The average molecular weight is 285 g/mol. The molecular weight excluding hydrogens is 270 g/mol. The summed E-state index contributed by atoms with van der Waals surface area (Å²) in [5, 5.41) is 18.2. The fourth-order valence-electron chi connectivity index (χ4n) is 2.11. The van der Waals surface area contributed by atoms with Gasteiger partial charge in [-0.05, 0) is 35.0 Å². The van der Waals surface area contributed by atoms with Crippen molar-refractivity contribution in [1.82, 2.24) is 35.1 Å². The second-order valence-corrected chi connectivity index (χ2v) is 4.67. The van der Waals surface area contributed by atoms with Crippen LogP contribution in [0.5, 0.6) is 0 Å². The van der Waals surface area contributed by atoms with Crippen LogP contribution >= 0.6 is 0 Å². The van der Waals surface area contributed by atoms with Gasteiger partial charge in [0.05, 0.1) is 12.1 Å². The molecule has 0 spiro atoms. The van der Waals surface area contributed by atoms with Crippen molar-refractivity contribution < 1.29 is 4.79 Å². The van der Waals surface area contributed by atoms with Crippen molar-refractivity contribution in [3.05, 3.63) is 42.0 Å². The van der Waals surface area contributed by atoms with Crippen LogP contribution in [0.25, 0.3) is 5.52 Å². The predicted octanol–water partition coefficient (Wildman–Crippen LogP) is 0.336. The molecular formula is C13H15N7O. The van der Waals surface area contributed by atoms with Crippen LogP contribution in [0, 0.1) is 6.92 Å². The molecule has 0 aromatic carbocycles. The van der Waals surface area contributed by atoms with Gasteiger partial charge in [-0.15, -0.1) is 5.10 Å².